The summed E-state index contributed by atoms with van der Waals surface area (Å²) in [4.78, 5) is 16.6. The number of carbonyl (C=O) groups is 1. The number of halogens is 1. The number of likely N-dealkylation sites (tertiary alicyclic amines) is 1. The molecule has 0 aromatic heterocycles. The Hall–Kier alpha value is -2.44. The Balaban J connectivity index is 1.28. The predicted molar refractivity (Wildman–Crippen MR) is 135 cm³/mol. The molecule has 0 saturated carbocycles. The van der Waals surface area contributed by atoms with Crippen LogP contribution in [0.5, 0.6) is 11.5 Å². The van der Waals surface area contributed by atoms with Gasteiger partial charge in [-0.15, -0.1) is 0 Å². The van der Waals surface area contributed by atoms with Crippen molar-refractivity contribution in [3.63, 3.8) is 0 Å². The molecule has 1 unspecified atom stereocenters. The van der Waals surface area contributed by atoms with Crippen molar-refractivity contribution in [3.8, 4) is 11.5 Å². The van der Waals surface area contributed by atoms with E-state index in [9.17, 15) is 4.79 Å². The maximum Gasteiger partial charge on any atom is 0.414 e. The van der Waals surface area contributed by atoms with E-state index in [2.05, 4.69) is 11.0 Å². The van der Waals surface area contributed by atoms with Gasteiger partial charge in [-0.25, -0.2) is 4.79 Å². The van der Waals surface area contributed by atoms with Crippen molar-refractivity contribution >= 4 is 23.4 Å². The average Bonchev–Trinajstić information content (AvgIpc) is 2.83. The van der Waals surface area contributed by atoms with Crippen molar-refractivity contribution in [1.82, 2.24) is 4.90 Å². The minimum Gasteiger partial charge on any atom is -0.497 e. The molecular weight excluding hydrogens is 452 g/mol. The van der Waals surface area contributed by atoms with Crippen molar-refractivity contribution in [1.29, 1.82) is 0 Å². The standard InChI is InChI=1S/C27H35ClN2O4/c1-19(2)34-25-8-9-26(28)22(15-25)14-20-10-12-29(13-11-20)16-21-17-30(27(31)33-18-21)23-4-6-24(32-3)7-5-23/h4-9,15,19-21H,10-14,16-18H2,1-3H3. The lowest BCUT2D eigenvalue weighted by Gasteiger charge is -2.38. The summed E-state index contributed by atoms with van der Waals surface area (Å²) in [7, 11) is 1.64. The minimum absolute atomic E-state index is 0.150. The van der Waals surface area contributed by atoms with Crippen molar-refractivity contribution in [3.05, 3.63) is 53.1 Å². The number of ether oxygens (including phenoxy) is 3. The van der Waals surface area contributed by atoms with Gasteiger partial charge in [-0.05, 0) is 100 Å². The van der Waals surface area contributed by atoms with Crippen molar-refractivity contribution in [2.75, 3.05) is 44.8 Å². The molecule has 2 aromatic carbocycles. The van der Waals surface area contributed by atoms with E-state index in [1.165, 1.54) is 5.56 Å². The number of benzene rings is 2. The number of cyclic esters (lactones) is 1. The van der Waals surface area contributed by atoms with E-state index < -0.39 is 0 Å². The lowest BCUT2D eigenvalue weighted by Crippen LogP contribution is -2.48. The molecule has 0 bridgehead atoms. The second-order valence-electron chi connectivity index (χ2n) is 9.62. The monoisotopic (exact) mass is 486 g/mol. The van der Waals surface area contributed by atoms with Gasteiger partial charge in [0.25, 0.3) is 0 Å². The highest BCUT2D eigenvalue weighted by Gasteiger charge is 2.31. The van der Waals surface area contributed by atoms with Crippen LogP contribution in [0.25, 0.3) is 0 Å². The summed E-state index contributed by atoms with van der Waals surface area (Å²) in [5.74, 6) is 2.56. The third-order valence-corrected chi connectivity index (χ3v) is 6.98. The third kappa shape index (κ3) is 6.36. The smallest absolute Gasteiger partial charge is 0.414 e. The Kier molecular flexibility index (Phi) is 8.22. The predicted octanol–water partition coefficient (Wildman–Crippen LogP) is 5.66. The molecule has 2 aromatic rings. The first-order valence-corrected chi connectivity index (χ1v) is 12.5. The Labute approximate surface area is 207 Å². The summed E-state index contributed by atoms with van der Waals surface area (Å²) in [5, 5.41) is 0.821. The fraction of sp³-hybridized carbons (Fsp3) is 0.519. The minimum atomic E-state index is -0.277. The molecular formula is C27H35ClN2O4. The molecule has 0 aliphatic carbocycles. The van der Waals surface area contributed by atoms with Gasteiger partial charge < -0.3 is 19.1 Å². The molecule has 2 saturated heterocycles. The first-order chi connectivity index (χ1) is 16.4. The Bertz CT molecular complexity index is 958. The van der Waals surface area contributed by atoms with Crippen LogP contribution < -0.4 is 14.4 Å². The number of methoxy groups -OCH3 is 1. The van der Waals surface area contributed by atoms with E-state index in [0.717, 1.165) is 61.1 Å². The number of amides is 1. The van der Waals surface area contributed by atoms with Gasteiger partial charge in [-0.1, -0.05) is 11.6 Å². The van der Waals surface area contributed by atoms with Crippen LogP contribution in [0.15, 0.2) is 42.5 Å². The summed E-state index contributed by atoms with van der Waals surface area (Å²) >= 11 is 6.48. The lowest BCUT2D eigenvalue weighted by atomic mass is 9.89. The average molecular weight is 487 g/mol. The molecule has 2 aliphatic heterocycles. The molecule has 34 heavy (non-hydrogen) atoms. The highest BCUT2D eigenvalue weighted by atomic mass is 35.5. The maximum atomic E-state index is 12.4. The number of anilines is 1. The zero-order chi connectivity index (χ0) is 24.1. The molecule has 184 valence electrons. The number of hydrogen-bond acceptors (Lipinski definition) is 5. The normalized spacial score (nSPS) is 19.9. The van der Waals surface area contributed by atoms with Gasteiger partial charge in [0.05, 0.1) is 19.8 Å². The highest BCUT2D eigenvalue weighted by molar-refractivity contribution is 6.31. The number of piperidine rings is 1. The molecule has 1 amide bonds. The van der Waals surface area contributed by atoms with Gasteiger partial charge in [0.1, 0.15) is 11.5 Å². The number of nitrogens with zero attached hydrogens (tertiary/aromatic N) is 2. The molecule has 0 N–H and O–H groups in total. The number of carbonyl (C=O) groups excluding carboxylic acids is 1. The van der Waals surface area contributed by atoms with Crippen molar-refractivity contribution < 1.29 is 19.0 Å². The summed E-state index contributed by atoms with van der Waals surface area (Å²) < 4.78 is 16.6. The van der Waals surface area contributed by atoms with E-state index in [1.54, 1.807) is 12.0 Å². The SMILES string of the molecule is COc1ccc(N2CC(CN3CCC(Cc4cc(OC(C)C)ccc4Cl)CC3)COC2=O)cc1. The van der Waals surface area contributed by atoms with Crippen LogP contribution in [0.2, 0.25) is 5.02 Å². The summed E-state index contributed by atoms with van der Waals surface area (Å²) in [6, 6.07) is 13.5. The van der Waals surface area contributed by atoms with Crippen molar-refractivity contribution in [2.24, 2.45) is 11.8 Å². The first kappa shape index (κ1) is 24.7. The largest absolute Gasteiger partial charge is 0.497 e. The van der Waals surface area contributed by atoms with E-state index in [-0.39, 0.29) is 18.1 Å². The van der Waals surface area contributed by atoms with Crippen LogP contribution in [-0.2, 0) is 11.2 Å². The zero-order valence-corrected chi connectivity index (χ0v) is 21.1. The van der Waals surface area contributed by atoms with E-state index in [4.69, 9.17) is 25.8 Å². The van der Waals surface area contributed by atoms with Crippen LogP contribution >= 0.6 is 11.6 Å². The zero-order valence-electron chi connectivity index (χ0n) is 20.3. The fourth-order valence-corrected chi connectivity index (χ4v) is 5.03. The van der Waals surface area contributed by atoms with E-state index in [1.807, 2.05) is 50.2 Å². The summed E-state index contributed by atoms with van der Waals surface area (Å²) in [6.07, 6.45) is 3.13. The van der Waals surface area contributed by atoms with E-state index >= 15 is 0 Å². The summed E-state index contributed by atoms with van der Waals surface area (Å²) in [5.41, 5.74) is 2.02. The van der Waals surface area contributed by atoms with Crippen LogP contribution in [0.1, 0.15) is 32.3 Å². The molecule has 0 spiro atoms. The topological polar surface area (TPSA) is 51.2 Å². The third-order valence-electron chi connectivity index (χ3n) is 6.61. The molecule has 2 heterocycles. The second kappa shape index (κ2) is 11.3. The Morgan fingerprint density at radius 3 is 2.44 bits per heavy atom. The number of hydrogen-bond donors (Lipinski definition) is 0. The van der Waals surface area contributed by atoms with Gasteiger partial charge >= 0.3 is 6.09 Å². The van der Waals surface area contributed by atoms with Gasteiger partial charge in [0, 0.05) is 29.7 Å². The molecule has 2 aliphatic rings. The highest BCUT2D eigenvalue weighted by Crippen LogP contribution is 2.30. The maximum absolute atomic E-state index is 12.4. The van der Waals surface area contributed by atoms with Gasteiger partial charge in [-0.3, -0.25) is 4.90 Å². The molecule has 2 fully saturated rings. The van der Waals surface area contributed by atoms with Crippen LogP contribution in [0.3, 0.4) is 0 Å². The summed E-state index contributed by atoms with van der Waals surface area (Å²) in [6.45, 7) is 8.26. The lowest BCUT2D eigenvalue weighted by molar-refractivity contribution is 0.0870. The van der Waals surface area contributed by atoms with Crippen LogP contribution in [0, 0.1) is 11.8 Å². The first-order valence-electron chi connectivity index (χ1n) is 12.2. The van der Waals surface area contributed by atoms with Gasteiger partial charge in [-0.2, -0.15) is 0 Å². The molecule has 0 radical (unpaired) electrons. The molecule has 7 heteroatoms. The molecule has 4 rings (SSSR count). The fourth-order valence-electron chi connectivity index (χ4n) is 4.84. The van der Waals surface area contributed by atoms with Crippen molar-refractivity contribution in [2.45, 2.75) is 39.2 Å². The van der Waals surface area contributed by atoms with Crippen LogP contribution in [0.4, 0.5) is 10.5 Å². The Morgan fingerprint density at radius 1 is 1.06 bits per heavy atom. The second-order valence-corrected chi connectivity index (χ2v) is 10.0. The Morgan fingerprint density at radius 2 is 1.76 bits per heavy atom. The van der Waals surface area contributed by atoms with E-state index in [0.29, 0.717) is 19.1 Å². The van der Waals surface area contributed by atoms with Gasteiger partial charge in [0.15, 0.2) is 0 Å². The number of rotatable bonds is 8. The molecule has 1 atom stereocenters. The van der Waals surface area contributed by atoms with Gasteiger partial charge in [0.2, 0.25) is 0 Å². The van der Waals surface area contributed by atoms with Crippen LogP contribution in [-0.4, -0.2) is 57.0 Å². The molecule has 6 nitrogen and oxygen atoms in total. The quantitative estimate of drug-likeness (QED) is 0.481.